The molecule has 0 spiro atoms. The Morgan fingerprint density at radius 2 is 1.51 bits per heavy atom. The second-order valence-corrected chi connectivity index (χ2v) is 9.66. The minimum absolute atomic E-state index is 0.0231. The SMILES string of the molecule is NC(N)=NCCC[C@H](NC(=O)[C@H](Cc1cnc[nH]1)NC(=O)[C@@H](N)Cc1ccc(O)cc1)C(=O)N[C@@H](CCC(=O)O)C(=O)O. The number of aromatic hydroxyl groups is 1. The summed E-state index contributed by atoms with van der Waals surface area (Å²) in [6.07, 6.45) is 2.16. The number of carboxylic acids is 2. The zero-order chi connectivity index (χ0) is 31.9. The van der Waals surface area contributed by atoms with Crippen LogP contribution in [-0.4, -0.2) is 91.6 Å². The van der Waals surface area contributed by atoms with Gasteiger partial charge in [0.15, 0.2) is 5.96 Å². The van der Waals surface area contributed by atoms with Crippen molar-refractivity contribution >= 4 is 35.6 Å². The van der Waals surface area contributed by atoms with Crippen LogP contribution in [0.25, 0.3) is 0 Å². The first-order chi connectivity index (χ1) is 20.3. The fourth-order valence-electron chi connectivity index (χ4n) is 3.93. The molecule has 0 aliphatic heterocycles. The first kappa shape index (κ1) is 34.0. The van der Waals surface area contributed by atoms with Gasteiger partial charge in [-0.1, -0.05) is 12.1 Å². The molecule has 2 rings (SSSR count). The van der Waals surface area contributed by atoms with Crippen molar-refractivity contribution in [2.75, 3.05) is 6.54 Å². The van der Waals surface area contributed by atoms with Crippen LogP contribution >= 0.6 is 0 Å². The number of hydrogen-bond donors (Lipinski definition) is 10. The van der Waals surface area contributed by atoms with Gasteiger partial charge < -0.3 is 53.5 Å². The van der Waals surface area contributed by atoms with E-state index < -0.39 is 60.2 Å². The van der Waals surface area contributed by atoms with Gasteiger partial charge in [0.2, 0.25) is 17.7 Å². The monoisotopic (exact) mass is 603 g/mol. The molecule has 0 saturated heterocycles. The van der Waals surface area contributed by atoms with E-state index in [0.717, 1.165) is 0 Å². The summed E-state index contributed by atoms with van der Waals surface area (Å²) in [6, 6.07) is 0.986. The maximum absolute atomic E-state index is 13.4. The summed E-state index contributed by atoms with van der Waals surface area (Å²) in [5.41, 5.74) is 17.9. The Balaban J connectivity index is 2.21. The number of nitrogens with one attached hydrogen (secondary N) is 4. The molecule has 0 radical (unpaired) electrons. The number of carbonyl (C=O) groups is 5. The van der Waals surface area contributed by atoms with Crippen molar-refractivity contribution in [2.45, 2.75) is 62.7 Å². The molecule has 17 nitrogen and oxygen atoms in total. The number of benzene rings is 1. The maximum Gasteiger partial charge on any atom is 0.326 e. The number of guanidine groups is 1. The Labute approximate surface area is 246 Å². The summed E-state index contributed by atoms with van der Waals surface area (Å²) in [5.74, 6) is -5.16. The number of amides is 3. The van der Waals surface area contributed by atoms with Crippen molar-refractivity contribution in [3.63, 3.8) is 0 Å². The van der Waals surface area contributed by atoms with E-state index in [4.69, 9.17) is 22.3 Å². The number of carboxylic acid groups (broad SMARTS) is 2. The minimum Gasteiger partial charge on any atom is -0.508 e. The topological polar surface area (TPSA) is 301 Å². The Morgan fingerprint density at radius 1 is 0.884 bits per heavy atom. The van der Waals surface area contributed by atoms with Crippen molar-refractivity contribution in [1.29, 1.82) is 0 Å². The molecule has 1 heterocycles. The average Bonchev–Trinajstić information content (AvgIpc) is 3.46. The van der Waals surface area contributed by atoms with Gasteiger partial charge in [-0.15, -0.1) is 0 Å². The molecular weight excluding hydrogens is 566 g/mol. The summed E-state index contributed by atoms with van der Waals surface area (Å²) in [7, 11) is 0. The molecule has 234 valence electrons. The summed E-state index contributed by atoms with van der Waals surface area (Å²) < 4.78 is 0. The fourth-order valence-corrected chi connectivity index (χ4v) is 3.93. The molecule has 1 aromatic heterocycles. The van der Waals surface area contributed by atoms with Crippen molar-refractivity contribution in [1.82, 2.24) is 25.9 Å². The predicted octanol–water partition coefficient (Wildman–Crippen LogP) is -2.31. The molecule has 13 N–H and O–H groups in total. The number of aromatic amines is 1. The van der Waals surface area contributed by atoms with Gasteiger partial charge in [0.1, 0.15) is 23.9 Å². The van der Waals surface area contributed by atoms with E-state index in [2.05, 4.69) is 30.9 Å². The molecule has 0 unspecified atom stereocenters. The second-order valence-electron chi connectivity index (χ2n) is 9.66. The summed E-state index contributed by atoms with van der Waals surface area (Å²) in [5, 5.41) is 35.2. The smallest absolute Gasteiger partial charge is 0.326 e. The highest BCUT2D eigenvalue weighted by Crippen LogP contribution is 2.11. The third-order valence-corrected chi connectivity index (χ3v) is 6.18. The van der Waals surface area contributed by atoms with Crippen molar-refractivity contribution in [3.05, 3.63) is 48.0 Å². The number of rotatable bonds is 18. The van der Waals surface area contributed by atoms with E-state index in [1.54, 1.807) is 12.1 Å². The van der Waals surface area contributed by atoms with Crippen LogP contribution in [0.4, 0.5) is 0 Å². The largest absolute Gasteiger partial charge is 0.508 e. The number of phenols is 1. The number of nitrogens with zero attached hydrogens (tertiary/aromatic N) is 2. The van der Waals surface area contributed by atoms with Crippen molar-refractivity contribution < 1.29 is 39.3 Å². The third-order valence-electron chi connectivity index (χ3n) is 6.18. The van der Waals surface area contributed by atoms with Gasteiger partial charge in [-0.05, 0) is 43.4 Å². The molecule has 1 aromatic carbocycles. The highest BCUT2D eigenvalue weighted by atomic mass is 16.4. The number of nitrogens with two attached hydrogens (primary N) is 3. The van der Waals surface area contributed by atoms with Gasteiger partial charge in [-0.25, -0.2) is 9.78 Å². The first-order valence-corrected chi connectivity index (χ1v) is 13.3. The third kappa shape index (κ3) is 12.5. The molecule has 43 heavy (non-hydrogen) atoms. The van der Waals surface area contributed by atoms with Crippen LogP contribution in [0, 0.1) is 0 Å². The Hall–Kier alpha value is -5.19. The minimum atomic E-state index is -1.53. The molecule has 0 saturated carbocycles. The van der Waals surface area contributed by atoms with Crippen molar-refractivity contribution in [2.24, 2.45) is 22.2 Å². The fraction of sp³-hybridized carbons (Fsp3) is 0.423. The number of hydrogen-bond acceptors (Lipinski definition) is 9. The molecule has 2 aromatic rings. The van der Waals surface area contributed by atoms with Crippen LogP contribution in [0.5, 0.6) is 5.75 Å². The van der Waals surface area contributed by atoms with Crippen LogP contribution in [-0.2, 0) is 36.8 Å². The van der Waals surface area contributed by atoms with Gasteiger partial charge in [0, 0.05) is 31.3 Å². The van der Waals surface area contributed by atoms with Crippen LogP contribution in [0.3, 0.4) is 0 Å². The highest BCUT2D eigenvalue weighted by Gasteiger charge is 2.31. The van der Waals surface area contributed by atoms with Crippen LogP contribution < -0.4 is 33.2 Å². The molecule has 4 atom stereocenters. The number of aliphatic imine (C=N–C) groups is 1. The van der Waals surface area contributed by atoms with Gasteiger partial charge in [-0.2, -0.15) is 0 Å². The molecule has 0 aliphatic carbocycles. The lowest BCUT2D eigenvalue weighted by molar-refractivity contribution is -0.143. The second kappa shape index (κ2) is 16.9. The first-order valence-electron chi connectivity index (χ1n) is 13.3. The average molecular weight is 604 g/mol. The van der Waals surface area contributed by atoms with E-state index in [1.165, 1.54) is 24.7 Å². The Morgan fingerprint density at radius 3 is 2.09 bits per heavy atom. The van der Waals surface area contributed by atoms with Gasteiger partial charge in [0.05, 0.1) is 12.4 Å². The summed E-state index contributed by atoms with van der Waals surface area (Å²) in [4.78, 5) is 72.6. The van der Waals surface area contributed by atoms with Crippen LogP contribution in [0.15, 0.2) is 41.8 Å². The van der Waals surface area contributed by atoms with E-state index >= 15 is 0 Å². The number of imidazole rings is 1. The highest BCUT2D eigenvalue weighted by molar-refractivity contribution is 5.94. The number of aliphatic carboxylic acids is 2. The molecule has 0 bridgehead atoms. The van der Waals surface area contributed by atoms with E-state index in [9.17, 15) is 34.2 Å². The zero-order valence-electron chi connectivity index (χ0n) is 23.2. The lowest BCUT2D eigenvalue weighted by atomic mass is 10.0. The number of phenolic OH excluding ortho intramolecular Hbond substituents is 1. The molecule has 0 fully saturated rings. The van der Waals surface area contributed by atoms with Crippen LogP contribution in [0.2, 0.25) is 0 Å². The van der Waals surface area contributed by atoms with Crippen LogP contribution in [0.1, 0.15) is 36.9 Å². The Kier molecular flexibility index (Phi) is 13.4. The normalized spacial score (nSPS) is 13.5. The number of carbonyl (C=O) groups excluding carboxylic acids is 3. The molecular formula is C26H37N9O8. The zero-order valence-corrected chi connectivity index (χ0v) is 23.2. The van der Waals surface area contributed by atoms with Gasteiger partial charge in [-0.3, -0.25) is 24.2 Å². The van der Waals surface area contributed by atoms with E-state index in [0.29, 0.717) is 11.3 Å². The molecule has 3 amide bonds. The maximum atomic E-state index is 13.4. The quantitative estimate of drug-likeness (QED) is 0.0488. The predicted molar refractivity (Wildman–Crippen MR) is 152 cm³/mol. The number of H-pyrrole nitrogens is 1. The molecule has 0 aliphatic rings. The standard InChI is InChI=1S/C26H37N9O8/c27-17(10-14-3-5-16(36)6-4-14)22(39)35-20(11-15-12-30-13-32-15)24(41)33-18(2-1-9-31-26(28)29)23(40)34-19(25(42)43)7-8-21(37)38/h3-6,12-13,17-20,36H,1-2,7-11,27H2,(H,30,32)(H,33,41)(H,34,40)(H,35,39)(H,37,38)(H,42,43)(H4,28,29,31)/t17-,18-,19-,20-/m0/s1. The summed E-state index contributed by atoms with van der Waals surface area (Å²) in [6.45, 7) is 0.101. The Bertz CT molecular complexity index is 1260. The van der Waals surface area contributed by atoms with E-state index in [-0.39, 0.29) is 50.4 Å². The van der Waals surface area contributed by atoms with Gasteiger partial charge >= 0.3 is 11.9 Å². The summed E-state index contributed by atoms with van der Waals surface area (Å²) >= 11 is 0. The van der Waals surface area contributed by atoms with Crippen molar-refractivity contribution in [3.8, 4) is 5.75 Å². The van der Waals surface area contributed by atoms with E-state index in [1.807, 2.05) is 0 Å². The lowest BCUT2D eigenvalue weighted by Gasteiger charge is -2.25. The van der Waals surface area contributed by atoms with Gasteiger partial charge in [0.25, 0.3) is 0 Å². The molecule has 17 heteroatoms. The number of aromatic nitrogens is 2. The lowest BCUT2D eigenvalue weighted by Crippen LogP contribution is -2.57.